The van der Waals surface area contributed by atoms with Gasteiger partial charge in [-0.1, -0.05) is 29.3 Å². The van der Waals surface area contributed by atoms with Gasteiger partial charge in [-0.3, -0.25) is 4.98 Å². The molecule has 0 aliphatic heterocycles. The molecule has 0 spiro atoms. The van der Waals surface area contributed by atoms with E-state index in [9.17, 15) is 0 Å². The van der Waals surface area contributed by atoms with Crippen molar-refractivity contribution in [3.05, 3.63) is 28.0 Å². The van der Waals surface area contributed by atoms with Gasteiger partial charge >= 0.3 is 0 Å². The van der Waals surface area contributed by atoms with Crippen LogP contribution in [0.2, 0.25) is 0 Å². The number of rotatable bonds is 3. The zero-order valence-corrected chi connectivity index (χ0v) is 9.19. The Kier molecular flexibility index (Phi) is 3.73. The first-order valence-electron chi connectivity index (χ1n) is 4.35. The minimum Gasteiger partial charge on any atom is -0.261 e. The highest BCUT2D eigenvalue weighted by atomic mass is 79.9. The molecule has 12 heavy (non-hydrogen) atoms. The van der Waals surface area contributed by atoms with Gasteiger partial charge in [0.2, 0.25) is 0 Å². The second-order valence-corrected chi connectivity index (χ2v) is 3.82. The lowest BCUT2D eigenvalue weighted by molar-refractivity contribution is 0.771. The highest BCUT2D eigenvalue weighted by Crippen LogP contribution is 2.18. The summed E-state index contributed by atoms with van der Waals surface area (Å²) in [6.07, 6.45) is 5.42. The quantitative estimate of drug-likeness (QED) is 0.771. The van der Waals surface area contributed by atoms with Gasteiger partial charge in [0, 0.05) is 16.4 Å². The van der Waals surface area contributed by atoms with E-state index >= 15 is 0 Å². The monoisotopic (exact) mass is 227 g/mol. The normalized spacial score (nSPS) is 10.2. The molecule has 0 aromatic carbocycles. The van der Waals surface area contributed by atoms with Crippen LogP contribution in [0, 0.1) is 6.92 Å². The fraction of sp³-hybridized carbons (Fsp3) is 0.500. The van der Waals surface area contributed by atoms with Gasteiger partial charge in [-0.25, -0.2) is 0 Å². The fourth-order valence-electron chi connectivity index (χ4n) is 1.15. The maximum Gasteiger partial charge on any atom is 0.0443 e. The van der Waals surface area contributed by atoms with E-state index in [0.717, 1.165) is 6.42 Å². The third-order valence-corrected chi connectivity index (χ3v) is 2.87. The summed E-state index contributed by atoms with van der Waals surface area (Å²) in [6, 6.07) is 1.99. The molecule has 1 heterocycles. The number of hydrogen-bond acceptors (Lipinski definition) is 1. The lowest BCUT2D eigenvalue weighted by Crippen LogP contribution is -1.94. The molecule has 0 amide bonds. The Balaban J connectivity index is 2.78. The van der Waals surface area contributed by atoms with E-state index in [4.69, 9.17) is 0 Å². The zero-order chi connectivity index (χ0) is 8.97. The van der Waals surface area contributed by atoms with Gasteiger partial charge in [0.15, 0.2) is 0 Å². The van der Waals surface area contributed by atoms with Crippen LogP contribution in [0.15, 0.2) is 16.7 Å². The molecular weight excluding hydrogens is 214 g/mol. The van der Waals surface area contributed by atoms with Gasteiger partial charge < -0.3 is 0 Å². The van der Waals surface area contributed by atoms with Gasteiger partial charge in [-0.15, -0.1) is 0 Å². The first kappa shape index (κ1) is 9.72. The summed E-state index contributed by atoms with van der Waals surface area (Å²) in [5, 5.41) is 0. The number of unbranched alkanes of at least 4 members (excludes halogenated alkanes) is 1. The first-order chi connectivity index (χ1) is 5.75. The standard InChI is InChI=1S/C10H14BrN/c1-3-4-5-10-8(2)9(11)6-7-12-10/h6-7H,3-5H2,1-2H3. The average Bonchev–Trinajstić information content (AvgIpc) is 2.08. The van der Waals surface area contributed by atoms with Crippen LogP contribution in [0.3, 0.4) is 0 Å². The van der Waals surface area contributed by atoms with Crippen molar-refractivity contribution in [2.45, 2.75) is 33.1 Å². The Morgan fingerprint density at radius 2 is 2.25 bits per heavy atom. The predicted octanol–water partition coefficient (Wildman–Crippen LogP) is 3.50. The van der Waals surface area contributed by atoms with E-state index in [1.165, 1.54) is 28.6 Å². The lowest BCUT2D eigenvalue weighted by Gasteiger charge is -2.04. The molecule has 0 saturated carbocycles. The van der Waals surface area contributed by atoms with Crippen molar-refractivity contribution < 1.29 is 0 Å². The fourth-order valence-corrected chi connectivity index (χ4v) is 1.50. The third kappa shape index (κ3) is 2.31. The number of aromatic nitrogens is 1. The predicted molar refractivity (Wildman–Crippen MR) is 55.3 cm³/mol. The molecule has 0 N–H and O–H groups in total. The molecule has 1 aromatic heterocycles. The molecule has 1 rings (SSSR count). The van der Waals surface area contributed by atoms with E-state index < -0.39 is 0 Å². The van der Waals surface area contributed by atoms with Crippen LogP contribution >= 0.6 is 15.9 Å². The van der Waals surface area contributed by atoms with Crippen molar-refractivity contribution in [3.8, 4) is 0 Å². The summed E-state index contributed by atoms with van der Waals surface area (Å²) in [5.41, 5.74) is 2.51. The van der Waals surface area contributed by atoms with Gasteiger partial charge in [-0.2, -0.15) is 0 Å². The van der Waals surface area contributed by atoms with Crippen molar-refractivity contribution in [1.29, 1.82) is 0 Å². The minimum atomic E-state index is 1.10. The maximum atomic E-state index is 4.35. The Bertz CT molecular complexity index is 258. The van der Waals surface area contributed by atoms with Gasteiger partial charge in [0.25, 0.3) is 0 Å². The SMILES string of the molecule is CCCCc1nccc(Br)c1C. The van der Waals surface area contributed by atoms with Crippen molar-refractivity contribution in [2.75, 3.05) is 0 Å². The van der Waals surface area contributed by atoms with Gasteiger partial charge in [0.05, 0.1) is 0 Å². The topological polar surface area (TPSA) is 12.9 Å². The summed E-state index contributed by atoms with van der Waals surface area (Å²) in [5.74, 6) is 0. The molecule has 1 nitrogen and oxygen atoms in total. The Labute approximate surface area is 82.3 Å². The summed E-state index contributed by atoms with van der Waals surface area (Å²) in [7, 11) is 0. The number of nitrogens with zero attached hydrogens (tertiary/aromatic N) is 1. The summed E-state index contributed by atoms with van der Waals surface area (Å²) in [4.78, 5) is 4.35. The first-order valence-corrected chi connectivity index (χ1v) is 5.15. The Hall–Kier alpha value is -0.370. The van der Waals surface area contributed by atoms with Crippen molar-refractivity contribution in [2.24, 2.45) is 0 Å². The number of aryl methyl sites for hydroxylation is 1. The highest BCUT2D eigenvalue weighted by molar-refractivity contribution is 9.10. The molecule has 0 aliphatic carbocycles. The van der Waals surface area contributed by atoms with Crippen LogP contribution in [0.5, 0.6) is 0 Å². The van der Waals surface area contributed by atoms with E-state index in [0.29, 0.717) is 0 Å². The molecule has 1 aromatic rings. The van der Waals surface area contributed by atoms with Crippen LogP contribution < -0.4 is 0 Å². The van der Waals surface area contributed by atoms with Crippen molar-refractivity contribution in [3.63, 3.8) is 0 Å². The largest absolute Gasteiger partial charge is 0.261 e. The number of hydrogen-bond donors (Lipinski definition) is 0. The van der Waals surface area contributed by atoms with E-state index in [1.54, 1.807) is 0 Å². The Morgan fingerprint density at radius 1 is 1.50 bits per heavy atom. The second kappa shape index (κ2) is 4.61. The van der Waals surface area contributed by atoms with Crippen LogP contribution in [-0.4, -0.2) is 4.98 Å². The van der Waals surface area contributed by atoms with Crippen molar-refractivity contribution >= 4 is 15.9 Å². The van der Waals surface area contributed by atoms with Crippen molar-refractivity contribution in [1.82, 2.24) is 4.98 Å². The third-order valence-electron chi connectivity index (χ3n) is 2.01. The summed E-state index contributed by atoms with van der Waals surface area (Å²) in [6.45, 7) is 4.31. The van der Waals surface area contributed by atoms with Gasteiger partial charge in [0.1, 0.15) is 0 Å². The van der Waals surface area contributed by atoms with Crippen LogP contribution in [-0.2, 0) is 6.42 Å². The van der Waals surface area contributed by atoms with Gasteiger partial charge in [-0.05, 0) is 31.4 Å². The second-order valence-electron chi connectivity index (χ2n) is 2.97. The molecule has 66 valence electrons. The molecule has 0 radical (unpaired) electrons. The molecule has 2 heteroatoms. The molecular formula is C10H14BrN. The van der Waals surface area contributed by atoms with Crippen LogP contribution in [0.1, 0.15) is 31.0 Å². The highest BCUT2D eigenvalue weighted by Gasteiger charge is 2.01. The smallest absolute Gasteiger partial charge is 0.0443 e. The maximum absolute atomic E-state index is 4.35. The lowest BCUT2D eigenvalue weighted by atomic mass is 10.1. The molecule has 0 aliphatic rings. The molecule has 0 fully saturated rings. The van der Waals surface area contributed by atoms with Crippen LogP contribution in [0.4, 0.5) is 0 Å². The summed E-state index contributed by atoms with van der Waals surface area (Å²) >= 11 is 3.50. The minimum absolute atomic E-state index is 1.10. The molecule has 0 bridgehead atoms. The summed E-state index contributed by atoms with van der Waals surface area (Å²) < 4.78 is 1.17. The van der Waals surface area contributed by atoms with E-state index in [1.807, 2.05) is 12.3 Å². The van der Waals surface area contributed by atoms with Crippen LogP contribution in [0.25, 0.3) is 0 Å². The van der Waals surface area contributed by atoms with E-state index in [2.05, 4.69) is 34.8 Å². The molecule has 0 atom stereocenters. The number of halogens is 1. The average molecular weight is 228 g/mol. The van der Waals surface area contributed by atoms with E-state index in [-0.39, 0.29) is 0 Å². The Morgan fingerprint density at radius 3 is 2.92 bits per heavy atom. The molecule has 0 saturated heterocycles. The molecule has 0 unspecified atom stereocenters. The number of pyridine rings is 1. The zero-order valence-electron chi connectivity index (χ0n) is 7.60.